The van der Waals surface area contributed by atoms with Gasteiger partial charge in [-0.1, -0.05) is 22.4 Å². The van der Waals surface area contributed by atoms with Gasteiger partial charge in [0.05, 0.1) is 17.2 Å². The van der Waals surface area contributed by atoms with Gasteiger partial charge < -0.3 is 5.32 Å². The Bertz CT molecular complexity index is 522. The second-order valence-corrected chi connectivity index (χ2v) is 5.96. The van der Waals surface area contributed by atoms with E-state index in [1.807, 2.05) is 6.07 Å². The van der Waals surface area contributed by atoms with E-state index in [0.29, 0.717) is 24.1 Å². The third-order valence-corrected chi connectivity index (χ3v) is 4.09. The molecule has 0 aromatic heterocycles. The maximum absolute atomic E-state index is 12.8. The van der Waals surface area contributed by atoms with E-state index in [0.717, 1.165) is 4.47 Å². The van der Waals surface area contributed by atoms with Gasteiger partial charge in [0.1, 0.15) is 6.07 Å². The molecule has 0 heterocycles. The van der Waals surface area contributed by atoms with Gasteiger partial charge >= 0.3 is 6.18 Å². The molecule has 0 bridgehead atoms. The molecule has 1 aliphatic carbocycles. The largest absolute Gasteiger partial charge is 0.391 e. The number of nitrogens with one attached hydrogen (secondary N) is 1. The Kier molecular flexibility index (Phi) is 4.59. The van der Waals surface area contributed by atoms with Crippen LogP contribution in [0.1, 0.15) is 31.2 Å². The summed E-state index contributed by atoms with van der Waals surface area (Å²) in [6.07, 6.45) is -2.61. The Hall–Kier alpha value is -1.22. The van der Waals surface area contributed by atoms with Crippen LogP contribution in [-0.4, -0.2) is 12.2 Å². The van der Waals surface area contributed by atoms with E-state index in [9.17, 15) is 13.2 Å². The third kappa shape index (κ3) is 3.66. The Morgan fingerprint density at radius 3 is 2.70 bits per heavy atom. The zero-order valence-electron chi connectivity index (χ0n) is 10.7. The first-order valence-corrected chi connectivity index (χ1v) is 7.22. The number of halogens is 4. The summed E-state index contributed by atoms with van der Waals surface area (Å²) >= 11 is 3.30. The van der Waals surface area contributed by atoms with Crippen LogP contribution in [-0.2, 0) is 0 Å². The van der Waals surface area contributed by atoms with E-state index in [-0.39, 0.29) is 18.9 Å². The molecule has 1 N–H and O–H groups in total. The average Bonchev–Trinajstić information content (AvgIpc) is 2.38. The summed E-state index contributed by atoms with van der Waals surface area (Å²) in [5.74, 6) is -1.24. The predicted molar refractivity (Wildman–Crippen MR) is 74.3 cm³/mol. The number of benzene rings is 1. The zero-order valence-corrected chi connectivity index (χ0v) is 12.3. The van der Waals surface area contributed by atoms with Crippen molar-refractivity contribution in [1.29, 1.82) is 5.26 Å². The van der Waals surface area contributed by atoms with Crippen LogP contribution in [0.15, 0.2) is 22.7 Å². The van der Waals surface area contributed by atoms with E-state index in [2.05, 4.69) is 21.2 Å². The molecule has 20 heavy (non-hydrogen) atoms. The van der Waals surface area contributed by atoms with Crippen molar-refractivity contribution in [3.05, 3.63) is 28.2 Å². The smallest absolute Gasteiger partial charge is 0.381 e. The number of alkyl halides is 3. The molecule has 0 aliphatic heterocycles. The highest BCUT2D eigenvalue weighted by Crippen LogP contribution is 2.38. The van der Waals surface area contributed by atoms with Gasteiger partial charge in [0.2, 0.25) is 0 Å². The molecule has 108 valence electrons. The first kappa shape index (κ1) is 15.2. The van der Waals surface area contributed by atoms with Crippen LogP contribution < -0.4 is 5.32 Å². The normalized spacial score (nSPS) is 23.1. The Balaban J connectivity index is 2.10. The van der Waals surface area contributed by atoms with Gasteiger partial charge in [-0.05, 0) is 37.5 Å². The molecule has 2 nitrogen and oxygen atoms in total. The van der Waals surface area contributed by atoms with Crippen molar-refractivity contribution < 1.29 is 13.2 Å². The van der Waals surface area contributed by atoms with Crippen LogP contribution in [0.4, 0.5) is 18.9 Å². The first-order valence-electron chi connectivity index (χ1n) is 6.43. The number of nitriles is 1. The highest BCUT2D eigenvalue weighted by Gasteiger charge is 2.42. The minimum Gasteiger partial charge on any atom is -0.381 e. The Morgan fingerprint density at radius 1 is 1.30 bits per heavy atom. The van der Waals surface area contributed by atoms with Crippen LogP contribution in [0.3, 0.4) is 0 Å². The topological polar surface area (TPSA) is 35.8 Å². The summed E-state index contributed by atoms with van der Waals surface area (Å²) in [7, 11) is 0. The lowest BCUT2D eigenvalue weighted by atomic mass is 9.85. The lowest BCUT2D eigenvalue weighted by Crippen LogP contribution is -2.34. The second-order valence-electron chi connectivity index (χ2n) is 5.05. The fourth-order valence-electron chi connectivity index (χ4n) is 2.57. The first-order chi connectivity index (χ1) is 9.40. The van der Waals surface area contributed by atoms with Crippen LogP contribution in [0.2, 0.25) is 0 Å². The lowest BCUT2D eigenvalue weighted by Gasteiger charge is -2.31. The molecule has 1 aliphatic rings. The molecule has 0 spiro atoms. The average molecular weight is 347 g/mol. The zero-order chi connectivity index (χ0) is 14.8. The Labute approximate surface area is 124 Å². The molecule has 2 unspecified atom stereocenters. The lowest BCUT2D eigenvalue weighted by molar-refractivity contribution is -0.182. The molecular weight excluding hydrogens is 333 g/mol. The number of hydrogen-bond donors (Lipinski definition) is 1. The molecule has 2 atom stereocenters. The van der Waals surface area contributed by atoms with Gasteiger partial charge in [0, 0.05) is 10.5 Å². The quantitative estimate of drug-likeness (QED) is 0.830. The van der Waals surface area contributed by atoms with Crippen LogP contribution >= 0.6 is 15.9 Å². The van der Waals surface area contributed by atoms with Crippen LogP contribution in [0.25, 0.3) is 0 Å². The summed E-state index contributed by atoms with van der Waals surface area (Å²) in [5.41, 5.74) is 1.04. The summed E-state index contributed by atoms with van der Waals surface area (Å²) in [4.78, 5) is 0. The van der Waals surface area contributed by atoms with Crippen molar-refractivity contribution in [2.75, 3.05) is 5.32 Å². The number of rotatable bonds is 2. The van der Waals surface area contributed by atoms with Gasteiger partial charge in [0.15, 0.2) is 0 Å². The molecule has 2 rings (SSSR count). The molecule has 0 radical (unpaired) electrons. The van der Waals surface area contributed by atoms with Crippen LogP contribution in [0, 0.1) is 17.2 Å². The molecule has 0 amide bonds. The summed E-state index contributed by atoms with van der Waals surface area (Å²) in [6.45, 7) is 0. The summed E-state index contributed by atoms with van der Waals surface area (Å²) in [6, 6.07) is 6.93. The Morgan fingerprint density at radius 2 is 2.05 bits per heavy atom. The highest BCUT2D eigenvalue weighted by molar-refractivity contribution is 9.10. The van der Waals surface area contributed by atoms with Gasteiger partial charge in [-0.2, -0.15) is 18.4 Å². The molecule has 1 aromatic rings. The van der Waals surface area contributed by atoms with Crippen molar-refractivity contribution in [2.45, 2.75) is 37.9 Å². The van der Waals surface area contributed by atoms with E-state index >= 15 is 0 Å². The highest BCUT2D eigenvalue weighted by atomic mass is 79.9. The minimum atomic E-state index is -4.13. The summed E-state index contributed by atoms with van der Waals surface area (Å²) in [5, 5.41) is 12.1. The second kappa shape index (κ2) is 6.04. The molecule has 1 aromatic carbocycles. The van der Waals surface area contributed by atoms with E-state index < -0.39 is 12.1 Å². The summed E-state index contributed by atoms with van der Waals surface area (Å²) < 4.78 is 39.1. The fourth-order valence-corrected chi connectivity index (χ4v) is 2.93. The van der Waals surface area contributed by atoms with Crippen molar-refractivity contribution >= 4 is 21.6 Å². The van der Waals surface area contributed by atoms with E-state index in [1.165, 1.54) is 0 Å². The maximum Gasteiger partial charge on any atom is 0.391 e. The molecular formula is C14H14BrF3N2. The number of anilines is 1. The number of nitrogens with zero attached hydrogens (tertiary/aromatic N) is 1. The van der Waals surface area contributed by atoms with Gasteiger partial charge in [-0.25, -0.2) is 0 Å². The molecule has 0 saturated heterocycles. The van der Waals surface area contributed by atoms with Crippen molar-refractivity contribution in [3.63, 3.8) is 0 Å². The molecule has 1 fully saturated rings. The standard InChI is InChI=1S/C14H14BrF3N2/c15-11-5-4-9(8-19)13(7-11)20-12-3-1-2-10(6-12)14(16,17)18/h4-5,7,10,12,20H,1-3,6H2. The van der Waals surface area contributed by atoms with Gasteiger partial charge in [-0.15, -0.1) is 0 Å². The van der Waals surface area contributed by atoms with Crippen LogP contribution in [0.5, 0.6) is 0 Å². The minimum absolute atomic E-state index is 0.0703. The number of hydrogen-bond acceptors (Lipinski definition) is 2. The van der Waals surface area contributed by atoms with Crippen molar-refractivity contribution in [2.24, 2.45) is 5.92 Å². The van der Waals surface area contributed by atoms with Gasteiger partial charge in [0.25, 0.3) is 0 Å². The van der Waals surface area contributed by atoms with E-state index in [4.69, 9.17) is 5.26 Å². The predicted octanol–water partition coefficient (Wildman–Crippen LogP) is 4.85. The van der Waals surface area contributed by atoms with Crippen molar-refractivity contribution in [3.8, 4) is 6.07 Å². The fraction of sp³-hybridized carbons (Fsp3) is 0.500. The third-order valence-electron chi connectivity index (χ3n) is 3.60. The maximum atomic E-state index is 12.8. The molecule has 6 heteroatoms. The van der Waals surface area contributed by atoms with E-state index in [1.54, 1.807) is 18.2 Å². The van der Waals surface area contributed by atoms with Gasteiger partial charge in [-0.3, -0.25) is 0 Å². The van der Waals surface area contributed by atoms with Crippen molar-refractivity contribution in [1.82, 2.24) is 0 Å². The monoisotopic (exact) mass is 346 g/mol. The SMILES string of the molecule is N#Cc1ccc(Br)cc1NC1CCCC(C(F)(F)F)C1. The molecule has 1 saturated carbocycles.